The van der Waals surface area contributed by atoms with Crippen LogP contribution in [0.15, 0.2) is 54.5 Å². The average Bonchev–Trinajstić information content (AvgIpc) is 2.68. The normalized spacial score (nSPS) is 15.8. The van der Waals surface area contributed by atoms with E-state index in [-0.39, 0.29) is 0 Å². The van der Waals surface area contributed by atoms with Crippen LogP contribution in [0.1, 0.15) is 5.69 Å². The fourth-order valence-electron chi connectivity index (χ4n) is 1.96. The lowest BCUT2D eigenvalue weighted by Gasteiger charge is -2.12. The highest BCUT2D eigenvalue weighted by Gasteiger charge is 2.19. The van der Waals surface area contributed by atoms with Gasteiger partial charge in [0.15, 0.2) is 0 Å². The van der Waals surface area contributed by atoms with Crippen molar-refractivity contribution in [2.45, 2.75) is 0 Å². The first kappa shape index (κ1) is 9.90. The van der Waals surface area contributed by atoms with E-state index < -0.39 is 0 Å². The molecule has 1 aromatic carbocycles. The lowest BCUT2D eigenvalue weighted by Crippen LogP contribution is -2.14. The van der Waals surface area contributed by atoms with E-state index in [2.05, 4.69) is 27.3 Å². The van der Waals surface area contributed by atoms with Gasteiger partial charge in [-0.1, -0.05) is 18.2 Å². The monoisotopic (exact) mass is 223 g/mol. The molecule has 17 heavy (non-hydrogen) atoms. The quantitative estimate of drug-likeness (QED) is 0.805. The van der Waals surface area contributed by atoms with E-state index >= 15 is 0 Å². The summed E-state index contributed by atoms with van der Waals surface area (Å²) in [4.78, 5) is 6.43. The average molecular weight is 223 g/mol. The van der Waals surface area contributed by atoms with Crippen LogP contribution in [0.4, 0.5) is 11.4 Å². The number of aromatic nitrogens is 1. The summed E-state index contributed by atoms with van der Waals surface area (Å²) in [5.74, 6) is 1.05. The number of nitrogens with one attached hydrogen (secondary N) is 1. The number of benzene rings is 1. The zero-order chi connectivity index (χ0) is 11.7. The fourth-order valence-corrected chi connectivity index (χ4v) is 1.96. The van der Waals surface area contributed by atoms with Crippen molar-refractivity contribution in [2.24, 2.45) is 0 Å². The number of fused-ring (bicyclic) bond motifs is 1. The predicted molar refractivity (Wildman–Crippen MR) is 70.7 cm³/mol. The van der Waals surface area contributed by atoms with Gasteiger partial charge in [0.05, 0.1) is 17.1 Å². The second kappa shape index (κ2) is 3.94. The van der Waals surface area contributed by atoms with Crippen molar-refractivity contribution in [1.29, 1.82) is 0 Å². The molecule has 0 saturated heterocycles. The largest absolute Gasteiger partial charge is 0.340 e. The van der Waals surface area contributed by atoms with Gasteiger partial charge in [-0.25, -0.2) is 0 Å². The molecule has 2 aromatic rings. The maximum atomic E-state index is 4.30. The van der Waals surface area contributed by atoms with Crippen molar-refractivity contribution in [2.75, 3.05) is 17.3 Å². The first-order valence-corrected chi connectivity index (χ1v) is 5.57. The topological polar surface area (TPSA) is 28.2 Å². The van der Waals surface area contributed by atoms with E-state index in [1.807, 2.05) is 43.5 Å². The van der Waals surface area contributed by atoms with Gasteiger partial charge in [0.25, 0.3) is 0 Å². The Bertz CT molecular complexity index is 561. The van der Waals surface area contributed by atoms with Gasteiger partial charge >= 0.3 is 0 Å². The molecule has 0 radical (unpaired) electrons. The zero-order valence-corrected chi connectivity index (χ0v) is 9.59. The molecule has 0 bridgehead atoms. The molecule has 0 spiro atoms. The Morgan fingerprint density at radius 3 is 2.71 bits per heavy atom. The minimum Gasteiger partial charge on any atom is -0.340 e. The highest BCUT2D eigenvalue weighted by molar-refractivity contribution is 5.83. The Kier molecular flexibility index (Phi) is 2.29. The number of rotatable bonds is 1. The van der Waals surface area contributed by atoms with Crippen molar-refractivity contribution < 1.29 is 0 Å². The second-order valence-corrected chi connectivity index (χ2v) is 3.99. The summed E-state index contributed by atoms with van der Waals surface area (Å²) in [7, 11) is 2.05. The smallest absolute Gasteiger partial charge is 0.112 e. The molecule has 0 unspecified atom stereocenters. The SMILES string of the molecule is CN1/C(=C\c2ccccn2)Nc2ccccc21. The third-order valence-electron chi connectivity index (χ3n) is 2.86. The molecule has 1 aromatic heterocycles. The molecule has 0 aliphatic carbocycles. The summed E-state index contributed by atoms with van der Waals surface area (Å²) in [6.07, 6.45) is 3.84. The highest BCUT2D eigenvalue weighted by atomic mass is 15.3. The molecule has 1 N–H and O–H groups in total. The van der Waals surface area contributed by atoms with Gasteiger partial charge in [-0.15, -0.1) is 0 Å². The van der Waals surface area contributed by atoms with Gasteiger partial charge in [0.1, 0.15) is 5.82 Å². The molecule has 1 aliphatic heterocycles. The Morgan fingerprint density at radius 2 is 1.94 bits per heavy atom. The van der Waals surface area contributed by atoms with E-state index in [0.717, 1.165) is 17.2 Å². The number of para-hydroxylation sites is 2. The Labute approximate surface area is 100 Å². The number of nitrogens with zero attached hydrogens (tertiary/aromatic N) is 2. The van der Waals surface area contributed by atoms with Crippen LogP contribution in [0.3, 0.4) is 0 Å². The van der Waals surface area contributed by atoms with Crippen LogP contribution in [0, 0.1) is 0 Å². The van der Waals surface area contributed by atoms with Crippen LogP contribution in [-0.4, -0.2) is 12.0 Å². The first-order chi connectivity index (χ1) is 8.34. The lowest BCUT2D eigenvalue weighted by molar-refractivity contribution is 1.16. The summed E-state index contributed by atoms with van der Waals surface area (Å²) in [5, 5.41) is 3.38. The van der Waals surface area contributed by atoms with Gasteiger partial charge in [-0.05, 0) is 24.3 Å². The summed E-state index contributed by atoms with van der Waals surface area (Å²) in [6, 6.07) is 14.1. The predicted octanol–water partition coefficient (Wildman–Crippen LogP) is 2.94. The molecular formula is C14H13N3. The Morgan fingerprint density at radius 1 is 1.12 bits per heavy atom. The van der Waals surface area contributed by atoms with Crippen molar-refractivity contribution in [3.05, 3.63) is 60.2 Å². The zero-order valence-electron chi connectivity index (χ0n) is 9.59. The number of hydrogen-bond donors (Lipinski definition) is 1. The van der Waals surface area contributed by atoms with Gasteiger partial charge in [-0.2, -0.15) is 0 Å². The molecule has 2 heterocycles. The standard InChI is InChI=1S/C14H13N3/c1-17-13-8-3-2-7-12(13)16-14(17)10-11-6-4-5-9-15-11/h2-10,16H,1H3/b14-10-. The van der Waals surface area contributed by atoms with E-state index in [0.29, 0.717) is 0 Å². The van der Waals surface area contributed by atoms with Crippen molar-refractivity contribution >= 4 is 17.5 Å². The number of pyridine rings is 1. The van der Waals surface area contributed by atoms with Gasteiger partial charge < -0.3 is 10.2 Å². The fraction of sp³-hybridized carbons (Fsp3) is 0.0714. The van der Waals surface area contributed by atoms with Crippen LogP contribution in [0.25, 0.3) is 6.08 Å². The molecule has 3 nitrogen and oxygen atoms in total. The van der Waals surface area contributed by atoms with E-state index in [9.17, 15) is 0 Å². The third kappa shape index (κ3) is 1.76. The number of hydrogen-bond acceptors (Lipinski definition) is 3. The Hall–Kier alpha value is -2.29. The van der Waals surface area contributed by atoms with Gasteiger partial charge in [0, 0.05) is 19.3 Å². The van der Waals surface area contributed by atoms with Crippen LogP contribution in [0.5, 0.6) is 0 Å². The van der Waals surface area contributed by atoms with Crippen LogP contribution >= 0.6 is 0 Å². The van der Waals surface area contributed by atoms with Crippen molar-refractivity contribution in [1.82, 2.24) is 4.98 Å². The number of anilines is 2. The van der Waals surface area contributed by atoms with Crippen molar-refractivity contribution in [3.8, 4) is 0 Å². The second-order valence-electron chi connectivity index (χ2n) is 3.99. The molecular weight excluding hydrogens is 210 g/mol. The minimum absolute atomic E-state index is 0.953. The molecule has 84 valence electrons. The van der Waals surface area contributed by atoms with Crippen LogP contribution < -0.4 is 10.2 Å². The molecule has 1 aliphatic rings. The molecule has 3 rings (SSSR count). The van der Waals surface area contributed by atoms with E-state index in [4.69, 9.17) is 0 Å². The van der Waals surface area contributed by atoms with E-state index in [1.54, 1.807) is 6.20 Å². The maximum absolute atomic E-state index is 4.30. The summed E-state index contributed by atoms with van der Waals surface area (Å²) in [5.41, 5.74) is 3.28. The van der Waals surface area contributed by atoms with Crippen LogP contribution in [0.2, 0.25) is 0 Å². The Balaban J connectivity index is 1.97. The summed E-state index contributed by atoms with van der Waals surface area (Å²) < 4.78 is 0. The molecule has 0 fully saturated rings. The van der Waals surface area contributed by atoms with Crippen molar-refractivity contribution in [3.63, 3.8) is 0 Å². The third-order valence-corrected chi connectivity index (χ3v) is 2.86. The highest BCUT2D eigenvalue weighted by Crippen LogP contribution is 2.34. The molecule has 0 atom stereocenters. The maximum Gasteiger partial charge on any atom is 0.112 e. The van der Waals surface area contributed by atoms with Gasteiger partial charge in [-0.3, -0.25) is 4.98 Å². The molecule has 0 amide bonds. The van der Waals surface area contributed by atoms with Crippen LogP contribution in [-0.2, 0) is 0 Å². The van der Waals surface area contributed by atoms with E-state index in [1.165, 1.54) is 5.69 Å². The van der Waals surface area contributed by atoms with Gasteiger partial charge in [0.2, 0.25) is 0 Å². The minimum atomic E-state index is 0.953. The molecule has 0 saturated carbocycles. The summed E-state index contributed by atoms with van der Waals surface area (Å²) >= 11 is 0. The lowest BCUT2D eigenvalue weighted by atomic mass is 10.3. The molecule has 3 heteroatoms. The summed E-state index contributed by atoms with van der Waals surface area (Å²) in [6.45, 7) is 0. The first-order valence-electron chi connectivity index (χ1n) is 5.57.